The highest BCUT2D eigenvalue weighted by atomic mass is 16.7. The molecule has 1 fully saturated rings. The summed E-state index contributed by atoms with van der Waals surface area (Å²) in [7, 11) is 0. The number of fused-ring (bicyclic) bond motifs is 1. The average Bonchev–Trinajstić information content (AvgIpc) is 3.30. The van der Waals surface area contributed by atoms with Gasteiger partial charge in [-0.2, -0.15) is 0 Å². The Labute approximate surface area is 160 Å². The molecule has 4 heterocycles. The van der Waals surface area contributed by atoms with Crippen molar-refractivity contribution in [2.45, 2.75) is 25.7 Å². The van der Waals surface area contributed by atoms with Crippen LogP contribution in [0.4, 0.5) is 11.7 Å². The van der Waals surface area contributed by atoms with Crippen LogP contribution in [-0.2, 0) is 9.47 Å². The van der Waals surface area contributed by atoms with Crippen LogP contribution in [0, 0.1) is 0 Å². The third-order valence-corrected chi connectivity index (χ3v) is 4.39. The second-order valence-corrected chi connectivity index (χ2v) is 6.89. The van der Waals surface area contributed by atoms with Crippen LogP contribution in [0.2, 0.25) is 0 Å². The van der Waals surface area contributed by atoms with Gasteiger partial charge < -0.3 is 29.4 Å². The topological polar surface area (TPSA) is 126 Å². The van der Waals surface area contributed by atoms with Crippen molar-refractivity contribution in [3.8, 4) is 5.75 Å². The molecule has 146 valence electrons. The first-order chi connectivity index (χ1) is 13.3. The number of aromatic hydroxyl groups is 1. The molecule has 2 aliphatic heterocycles. The Morgan fingerprint density at radius 1 is 1.46 bits per heavy atom. The molecule has 9 heteroatoms. The van der Waals surface area contributed by atoms with Crippen LogP contribution in [0.5, 0.6) is 5.75 Å². The number of aliphatic imine (C=N–C) groups is 1. The number of carbonyl (C=O) groups is 1. The van der Waals surface area contributed by atoms with Gasteiger partial charge in [0.05, 0.1) is 6.61 Å². The molecule has 0 saturated carbocycles. The lowest BCUT2D eigenvalue weighted by molar-refractivity contribution is -0.136. The number of nitrogens with zero attached hydrogens (tertiary/aromatic N) is 2. The lowest BCUT2D eigenvalue weighted by Crippen LogP contribution is -2.26. The largest absolute Gasteiger partial charge is 0.504 e. The Kier molecular flexibility index (Phi) is 4.40. The molecular weight excluding hydrogens is 366 g/mol. The van der Waals surface area contributed by atoms with E-state index in [4.69, 9.17) is 13.9 Å². The summed E-state index contributed by atoms with van der Waals surface area (Å²) >= 11 is 0. The van der Waals surface area contributed by atoms with Gasteiger partial charge in [-0.3, -0.25) is 0 Å². The first kappa shape index (κ1) is 18.2. The highest BCUT2D eigenvalue weighted by molar-refractivity contribution is 6.21. The summed E-state index contributed by atoms with van der Waals surface area (Å²) in [6.45, 7) is 4.23. The van der Waals surface area contributed by atoms with Gasteiger partial charge in [-0.05, 0) is 32.1 Å². The quantitative estimate of drug-likeness (QED) is 0.717. The maximum Gasteiger partial charge on any atom is 0.345 e. The first-order valence-corrected chi connectivity index (χ1v) is 8.70. The number of allylic oxidation sites excluding steroid dienone is 1. The molecule has 1 atom stereocenters. The minimum absolute atomic E-state index is 0.0157. The molecular formula is C19H19N3O6. The van der Waals surface area contributed by atoms with Gasteiger partial charge in [-0.15, -0.1) is 0 Å². The number of anilines is 1. The summed E-state index contributed by atoms with van der Waals surface area (Å²) in [5, 5.41) is 22.8. The van der Waals surface area contributed by atoms with Crippen LogP contribution in [0.15, 0.2) is 27.7 Å². The molecule has 0 aromatic carbocycles. The minimum atomic E-state index is -1.31. The van der Waals surface area contributed by atoms with Crippen LogP contribution >= 0.6 is 0 Å². The molecule has 4 rings (SSSR count). The van der Waals surface area contributed by atoms with Crippen molar-refractivity contribution in [3.63, 3.8) is 0 Å². The number of carboxylic acid groups (broad SMARTS) is 1. The lowest BCUT2D eigenvalue weighted by Gasteiger charge is -2.17. The fourth-order valence-corrected chi connectivity index (χ4v) is 3.11. The SMILES string of the molecule is CC1(C)OCC(CNc2oc(C=C3C=Nc4ncccc43)c(O)c2C(=O)O)O1. The molecule has 3 N–H and O–H groups in total. The van der Waals surface area contributed by atoms with E-state index in [1.807, 2.05) is 6.07 Å². The Morgan fingerprint density at radius 2 is 2.29 bits per heavy atom. The number of rotatable bonds is 5. The van der Waals surface area contributed by atoms with Crippen LogP contribution in [0.25, 0.3) is 11.6 Å². The van der Waals surface area contributed by atoms with E-state index >= 15 is 0 Å². The van der Waals surface area contributed by atoms with Gasteiger partial charge in [0.25, 0.3) is 0 Å². The van der Waals surface area contributed by atoms with E-state index in [-0.39, 0.29) is 29.9 Å². The van der Waals surface area contributed by atoms with Crippen molar-refractivity contribution in [1.29, 1.82) is 0 Å². The summed E-state index contributed by atoms with van der Waals surface area (Å²) in [6.07, 6.45) is 4.47. The third-order valence-electron chi connectivity index (χ3n) is 4.39. The second kappa shape index (κ2) is 6.77. The van der Waals surface area contributed by atoms with Gasteiger partial charge in [0.1, 0.15) is 6.10 Å². The van der Waals surface area contributed by atoms with Crippen LogP contribution in [0.1, 0.15) is 35.5 Å². The highest BCUT2D eigenvalue weighted by Gasteiger charge is 2.33. The predicted octanol–water partition coefficient (Wildman–Crippen LogP) is 2.90. The second-order valence-electron chi connectivity index (χ2n) is 6.89. The number of ether oxygens (including phenoxy) is 2. The fourth-order valence-electron chi connectivity index (χ4n) is 3.11. The maximum atomic E-state index is 11.6. The van der Waals surface area contributed by atoms with E-state index in [0.717, 1.165) is 5.56 Å². The fraction of sp³-hybridized carbons (Fsp3) is 0.316. The zero-order valence-corrected chi connectivity index (χ0v) is 15.3. The number of aromatic nitrogens is 1. The minimum Gasteiger partial charge on any atom is -0.504 e. The van der Waals surface area contributed by atoms with Crippen molar-refractivity contribution in [3.05, 3.63) is 35.2 Å². The summed E-state index contributed by atoms with van der Waals surface area (Å²) in [4.78, 5) is 19.9. The monoisotopic (exact) mass is 385 g/mol. The molecule has 0 amide bonds. The Hall–Kier alpha value is -3.17. The van der Waals surface area contributed by atoms with Crippen LogP contribution in [-0.4, -0.2) is 52.4 Å². The van der Waals surface area contributed by atoms with Gasteiger partial charge in [0, 0.05) is 30.1 Å². The number of aromatic carboxylic acids is 1. The van der Waals surface area contributed by atoms with Crippen molar-refractivity contribution in [2.75, 3.05) is 18.5 Å². The molecule has 9 nitrogen and oxygen atoms in total. The third kappa shape index (κ3) is 3.37. The molecule has 0 radical (unpaired) electrons. The van der Waals surface area contributed by atoms with E-state index < -0.39 is 17.5 Å². The van der Waals surface area contributed by atoms with Gasteiger partial charge in [-0.25, -0.2) is 14.8 Å². The van der Waals surface area contributed by atoms with E-state index in [0.29, 0.717) is 18.0 Å². The van der Waals surface area contributed by atoms with Gasteiger partial charge in [-0.1, -0.05) is 0 Å². The number of furan rings is 1. The van der Waals surface area contributed by atoms with Gasteiger partial charge in [0.15, 0.2) is 28.7 Å². The zero-order valence-electron chi connectivity index (χ0n) is 15.3. The highest BCUT2D eigenvalue weighted by Crippen LogP contribution is 2.38. The molecule has 0 spiro atoms. The molecule has 0 aliphatic carbocycles. The number of hydrogen-bond donors (Lipinski definition) is 3. The maximum absolute atomic E-state index is 11.6. The van der Waals surface area contributed by atoms with Gasteiger partial charge >= 0.3 is 5.97 Å². The average molecular weight is 385 g/mol. The molecule has 2 aliphatic rings. The first-order valence-electron chi connectivity index (χ1n) is 8.70. The summed E-state index contributed by atoms with van der Waals surface area (Å²) < 4.78 is 16.8. The Morgan fingerprint density at radius 3 is 3.00 bits per heavy atom. The van der Waals surface area contributed by atoms with Crippen molar-refractivity contribution < 1.29 is 28.9 Å². The van der Waals surface area contributed by atoms with E-state index in [2.05, 4.69) is 15.3 Å². The molecule has 0 bridgehead atoms. The summed E-state index contributed by atoms with van der Waals surface area (Å²) in [5.74, 6) is -1.94. The molecule has 28 heavy (non-hydrogen) atoms. The smallest absolute Gasteiger partial charge is 0.345 e. The molecule has 2 aromatic heterocycles. The zero-order chi connectivity index (χ0) is 19.9. The normalized spacial score (nSPS) is 21.2. The van der Waals surface area contributed by atoms with E-state index in [9.17, 15) is 15.0 Å². The van der Waals surface area contributed by atoms with Crippen molar-refractivity contribution in [1.82, 2.24) is 4.98 Å². The van der Waals surface area contributed by atoms with Crippen LogP contribution in [0.3, 0.4) is 0 Å². The summed E-state index contributed by atoms with van der Waals surface area (Å²) in [6, 6.07) is 3.60. The number of nitrogens with one attached hydrogen (secondary N) is 1. The van der Waals surface area contributed by atoms with E-state index in [1.165, 1.54) is 6.08 Å². The standard InChI is InChI=1S/C19H19N3O6/c1-19(2)26-9-11(28-19)8-22-17-14(18(24)25)15(23)13(27-17)6-10-7-21-16-12(10)4-3-5-20-16/h3-7,11,22-23H,8-9H2,1-2H3,(H,24,25). The van der Waals surface area contributed by atoms with Gasteiger partial charge in [0.2, 0.25) is 5.88 Å². The lowest BCUT2D eigenvalue weighted by atomic mass is 10.1. The van der Waals surface area contributed by atoms with Crippen molar-refractivity contribution >= 4 is 35.5 Å². The van der Waals surface area contributed by atoms with E-state index in [1.54, 1.807) is 32.3 Å². The van der Waals surface area contributed by atoms with Crippen LogP contribution < -0.4 is 5.32 Å². The molecule has 1 saturated heterocycles. The number of hydrogen-bond acceptors (Lipinski definition) is 8. The summed E-state index contributed by atoms with van der Waals surface area (Å²) in [5.41, 5.74) is 1.08. The predicted molar refractivity (Wildman–Crippen MR) is 101 cm³/mol. The number of pyridine rings is 1. The number of carboxylic acids is 1. The molecule has 2 aromatic rings. The molecule has 1 unspecified atom stereocenters. The Bertz CT molecular complexity index is 992. The Balaban J connectivity index is 1.60. The van der Waals surface area contributed by atoms with Crippen molar-refractivity contribution in [2.24, 2.45) is 4.99 Å².